The van der Waals surface area contributed by atoms with Crippen LogP contribution in [0.4, 0.5) is 0 Å². The van der Waals surface area contributed by atoms with Crippen molar-refractivity contribution in [2.24, 2.45) is 0 Å². The summed E-state index contributed by atoms with van der Waals surface area (Å²) in [5.74, 6) is 0. The molecule has 19 heavy (non-hydrogen) atoms. The Kier molecular flexibility index (Phi) is 4.65. The van der Waals surface area contributed by atoms with Crippen molar-refractivity contribution in [3.63, 3.8) is 0 Å². The fourth-order valence-electron chi connectivity index (χ4n) is 1.55. The van der Waals surface area contributed by atoms with Crippen molar-refractivity contribution in [2.45, 2.75) is 13.8 Å². The van der Waals surface area contributed by atoms with Crippen LogP contribution in [0.3, 0.4) is 0 Å². The summed E-state index contributed by atoms with van der Waals surface area (Å²) in [6.45, 7) is 4.37. The summed E-state index contributed by atoms with van der Waals surface area (Å²) in [4.78, 5) is 2.85. The van der Waals surface area contributed by atoms with Gasteiger partial charge in [-0.2, -0.15) is 0 Å². The maximum atomic E-state index is 2.33. The number of rotatable bonds is 4. The van der Waals surface area contributed by atoms with Gasteiger partial charge in [0.15, 0.2) is 0 Å². The summed E-state index contributed by atoms with van der Waals surface area (Å²) in [5.41, 5.74) is 0. The van der Waals surface area contributed by atoms with Crippen LogP contribution < -0.4 is 15.1 Å². The van der Waals surface area contributed by atoms with Gasteiger partial charge in [-0.15, -0.1) is 0 Å². The van der Waals surface area contributed by atoms with Crippen LogP contribution in [0.15, 0.2) is 36.4 Å². The molecule has 3 aromatic heterocycles. The summed E-state index contributed by atoms with van der Waals surface area (Å²) in [6, 6.07) is 13.7. The van der Waals surface area contributed by atoms with E-state index in [1.807, 2.05) is 34.0 Å². The molecule has 3 rings (SSSR count). The molecule has 98 valence electrons. The van der Waals surface area contributed by atoms with E-state index in [1.54, 1.807) is 7.55 Å². The van der Waals surface area contributed by atoms with Crippen LogP contribution in [0, 0.1) is 13.8 Å². The van der Waals surface area contributed by atoms with Gasteiger partial charge >= 0.3 is 139 Å². The summed E-state index contributed by atoms with van der Waals surface area (Å²) >= 11 is 6.90. The van der Waals surface area contributed by atoms with Gasteiger partial charge in [-0.3, -0.25) is 0 Å². The molecule has 0 aliphatic carbocycles. The second-order valence-corrected chi connectivity index (χ2v) is 14.5. The Morgan fingerprint density at radius 2 is 0.947 bits per heavy atom. The predicted octanol–water partition coefficient (Wildman–Crippen LogP) is 1.80. The molecule has 0 nitrogen and oxygen atoms in total. The van der Waals surface area contributed by atoms with Gasteiger partial charge in [0.25, 0.3) is 0 Å². The van der Waals surface area contributed by atoms with E-state index in [1.165, 1.54) is 17.3 Å². The minimum atomic E-state index is 0.503. The Bertz CT molecular complexity index is 621. The Hall–Kier alpha value is 0.139. The van der Waals surface area contributed by atoms with Crippen molar-refractivity contribution >= 4 is 79.0 Å². The number of aryl methyl sites for hydroxylation is 2. The van der Waals surface area contributed by atoms with Gasteiger partial charge in [0, 0.05) is 0 Å². The third kappa shape index (κ3) is 3.83. The van der Waals surface area contributed by atoms with Crippen LogP contribution in [0.1, 0.15) is 9.75 Å². The molecule has 5 heteroatoms. The average molecular weight is 434 g/mol. The first-order valence-corrected chi connectivity index (χ1v) is 11.6. The van der Waals surface area contributed by atoms with Crippen molar-refractivity contribution in [2.75, 3.05) is 0 Å². The normalized spacial score (nSPS) is 11.1. The monoisotopic (exact) mass is 436 g/mol. The molecule has 0 aliphatic heterocycles. The van der Waals surface area contributed by atoms with E-state index in [0.29, 0.717) is 29.9 Å². The Labute approximate surface area is 138 Å². The van der Waals surface area contributed by atoms with Gasteiger partial charge in [0.2, 0.25) is 0 Å². The standard InChI is InChI=1S/C14H12S3Se2/c1-9-3-5-11(15-9)18-13-7-8-14(17-13)19-12-6-4-10(2)16-12/h3-8H,1-2H3. The third-order valence-electron chi connectivity index (χ3n) is 2.39. The first-order valence-electron chi connectivity index (χ1n) is 5.77. The van der Waals surface area contributed by atoms with Crippen molar-refractivity contribution in [3.05, 3.63) is 46.2 Å². The first-order chi connectivity index (χ1) is 9.19. The molecule has 0 spiro atoms. The van der Waals surface area contributed by atoms with Crippen LogP contribution in [0.2, 0.25) is 0 Å². The minimum absolute atomic E-state index is 0.503. The van der Waals surface area contributed by atoms with E-state index < -0.39 is 0 Å². The van der Waals surface area contributed by atoms with Gasteiger partial charge in [-0.25, -0.2) is 0 Å². The van der Waals surface area contributed by atoms with Crippen LogP contribution in [0.25, 0.3) is 0 Å². The molecular weight excluding hydrogens is 422 g/mol. The van der Waals surface area contributed by atoms with E-state index in [4.69, 9.17) is 0 Å². The molecule has 0 bridgehead atoms. The Morgan fingerprint density at radius 3 is 1.32 bits per heavy atom. The zero-order chi connectivity index (χ0) is 13.2. The van der Waals surface area contributed by atoms with Gasteiger partial charge in [0.05, 0.1) is 0 Å². The first kappa shape index (κ1) is 14.1. The molecule has 0 amide bonds. The SMILES string of the molecule is Cc1ccc([Se]c2ccc([Se]c3ccc(C)s3)s2)s1. The molecule has 3 aromatic rings. The molecule has 0 radical (unpaired) electrons. The van der Waals surface area contributed by atoms with E-state index in [-0.39, 0.29) is 0 Å². The van der Waals surface area contributed by atoms with Gasteiger partial charge < -0.3 is 0 Å². The van der Waals surface area contributed by atoms with Crippen LogP contribution in [-0.2, 0) is 0 Å². The van der Waals surface area contributed by atoms with E-state index >= 15 is 0 Å². The fourth-order valence-corrected chi connectivity index (χ4v) is 12.4. The molecule has 3 heterocycles. The fraction of sp³-hybridized carbons (Fsp3) is 0.143. The van der Waals surface area contributed by atoms with Crippen molar-refractivity contribution in [1.29, 1.82) is 0 Å². The predicted molar refractivity (Wildman–Crippen MR) is 92.5 cm³/mol. The zero-order valence-corrected chi connectivity index (χ0v) is 16.4. The van der Waals surface area contributed by atoms with Crippen molar-refractivity contribution in [1.82, 2.24) is 0 Å². The van der Waals surface area contributed by atoms with Crippen molar-refractivity contribution in [3.8, 4) is 0 Å². The molecule has 0 N–H and O–H groups in total. The van der Waals surface area contributed by atoms with E-state index in [9.17, 15) is 0 Å². The van der Waals surface area contributed by atoms with Crippen LogP contribution >= 0.6 is 34.0 Å². The van der Waals surface area contributed by atoms with Crippen LogP contribution in [0.5, 0.6) is 0 Å². The van der Waals surface area contributed by atoms with Gasteiger partial charge in [-0.1, -0.05) is 0 Å². The van der Waals surface area contributed by atoms with Crippen molar-refractivity contribution < 1.29 is 0 Å². The third-order valence-corrected chi connectivity index (χ3v) is 11.3. The average Bonchev–Trinajstić information content (AvgIpc) is 3.05. The summed E-state index contributed by atoms with van der Waals surface area (Å²) in [7, 11) is 0. The topological polar surface area (TPSA) is 0 Å². The molecule has 0 saturated carbocycles. The maximum absolute atomic E-state index is 2.33. The van der Waals surface area contributed by atoms with E-state index in [2.05, 4.69) is 50.2 Å². The number of hydrogen-bond donors (Lipinski definition) is 0. The second-order valence-electron chi connectivity index (χ2n) is 4.01. The summed E-state index contributed by atoms with van der Waals surface area (Å²) < 4.78 is 6.19. The Balaban J connectivity index is 1.69. The molecule has 0 aromatic carbocycles. The molecule has 0 aliphatic rings. The second kappa shape index (κ2) is 6.28. The quantitative estimate of drug-likeness (QED) is 0.550. The summed E-state index contributed by atoms with van der Waals surface area (Å²) in [5, 5.41) is 0. The molecule has 0 unspecified atom stereocenters. The van der Waals surface area contributed by atoms with Crippen LogP contribution in [-0.4, -0.2) is 29.9 Å². The Morgan fingerprint density at radius 1 is 0.579 bits per heavy atom. The number of hydrogen-bond acceptors (Lipinski definition) is 3. The molecule has 0 atom stereocenters. The molecular formula is C14H12S3Se2. The van der Waals surface area contributed by atoms with Gasteiger partial charge in [0.1, 0.15) is 0 Å². The zero-order valence-electron chi connectivity index (χ0n) is 10.5. The molecule has 0 fully saturated rings. The van der Waals surface area contributed by atoms with Gasteiger partial charge in [-0.05, 0) is 0 Å². The summed E-state index contributed by atoms with van der Waals surface area (Å²) in [6.07, 6.45) is 0. The number of thiophene rings is 3. The molecule has 0 saturated heterocycles. The van der Waals surface area contributed by atoms with E-state index in [0.717, 1.165) is 0 Å².